The standard InChI is InChI=1S/C10H4F4N2O2/c11-4-1-2-5-6(3-4)15-8(9(17)18)16-7(5)10(12,13)14/h1-3H,(H,17,18). The molecule has 0 aliphatic heterocycles. The first-order valence-electron chi connectivity index (χ1n) is 4.57. The number of hydrogen-bond acceptors (Lipinski definition) is 3. The Labute approximate surface area is 96.9 Å². The van der Waals surface area contributed by atoms with Gasteiger partial charge in [-0.15, -0.1) is 0 Å². The molecular weight excluding hydrogens is 256 g/mol. The fourth-order valence-corrected chi connectivity index (χ4v) is 1.41. The van der Waals surface area contributed by atoms with Gasteiger partial charge in [-0.25, -0.2) is 19.2 Å². The number of carboxylic acids is 1. The molecule has 0 bridgehead atoms. The Balaban J connectivity index is 2.85. The Bertz CT molecular complexity index is 640. The minimum atomic E-state index is -4.84. The summed E-state index contributed by atoms with van der Waals surface area (Å²) in [5, 5.41) is 8.17. The molecule has 0 radical (unpaired) electrons. The van der Waals surface area contributed by atoms with Gasteiger partial charge in [-0.2, -0.15) is 13.2 Å². The molecule has 0 aliphatic carbocycles. The van der Waals surface area contributed by atoms with Crippen LogP contribution in [0.15, 0.2) is 18.2 Å². The van der Waals surface area contributed by atoms with E-state index in [9.17, 15) is 22.4 Å². The molecule has 2 rings (SSSR count). The molecule has 8 heteroatoms. The summed E-state index contributed by atoms with van der Waals surface area (Å²) in [5.74, 6) is -3.56. The SMILES string of the molecule is O=C(O)c1nc(C(F)(F)F)c2ccc(F)cc2n1. The highest BCUT2D eigenvalue weighted by Crippen LogP contribution is 2.32. The summed E-state index contributed by atoms with van der Waals surface area (Å²) in [5.41, 5.74) is -1.81. The second-order valence-corrected chi connectivity index (χ2v) is 3.36. The molecule has 1 heterocycles. The van der Waals surface area contributed by atoms with Crippen LogP contribution in [0.1, 0.15) is 16.3 Å². The summed E-state index contributed by atoms with van der Waals surface area (Å²) in [6, 6.07) is 2.40. The number of halogens is 4. The average molecular weight is 260 g/mol. The second kappa shape index (κ2) is 3.90. The van der Waals surface area contributed by atoms with Gasteiger partial charge in [0.15, 0.2) is 5.69 Å². The number of nitrogens with zero attached hydrogens (tertiary/aromatic N) is 2. The normalized spacial score (nSPS) is 11.8. The quantitative estimate of drug-likeness (QED) is 0.800. The maximum Gasteiger partial charge on any atom is 0.434 e. The summed E-state index contributed by atoms with van der Waals surface area (Å²) in [7, 11) is 0. The van der Waals surface area contributed by atoms with Crippen LogP contribution in [0, 0.1) is 5.82 Å². The van der Waals surface area contributed by atoms with Crippen molar-refractivity contribution in [2.75, 3.05) is 0 Å². The highest BCUT2D eigenvalue weighted by Gasteiger charge is 2.36. The zero-order valence-electron chi connectivity index (χ0n) is 8.49. The van der Waals surface area contributed by atoms with Crippen LogP contribution >= 0.6 is 0 Å². The van der Waals surface area contributed by atoms with Crippen molar-refractivity contribution in [2.45, 2.75) is 6.18 Å². The second-order valence-electron chi connectivity index (χ2n) is 3.36. The first-order valence-corrected chi connectivity index (χ1v) is 4.57. The molecule has 1 aromatic heterocycles. The van der Waals surface area contributed by atoms with Gasteiger partial charge in [0.2, 0.25) is 5.82 Å². The first-order chi connectivity index (χ1) is 8.29. The van der Waals surface area contributed by atoms with Crippen LogP contribution in [0.3, 0.4) is 0 Å². The van der Waals surface area contributed by atoms with Gasteiger partial charge in [-0.1, -0.05) is 0 Å². The highest BCUT2D eigenvalue weighted by atomic mass is 19.4. The lowest BCUT2D eigenvalue weighted by atomic mass is 10.1. The van der Waals surface area contributed by atoms with E-state index in [-0.39, 0.29) is 0 Å². The van der Waals surface area contributed by atoms with E-state index in [1.54, 1.807) is 0 Å². The number of fused-ring (bicyclic) bond motifs is 1. The molecule has 0 aliphatic rings. The molecule has 0 amide bonds. The molecule has 0 fully saturated rings. The van der Waals surface area contributed by atoms with Crippen LogP contribution in [-0.4, -0.2) is 21.0 Å². The zero-order valence-corrected chi connectivity index (χ0v) is 8.49. The van der Waals surface area contributed by atoms with Crippen molar-refractivity contribution >= 4 is 16.9 Å². The Morgan fingerprint density at radius 1 is 1.22 bits per heavy atom. The molecule has 94 valence electrons. The average Bonchev–Trinajstić information content (AvgIpc) is 2.25. The molecule has 0 saturated carbocycles. The molecule has 2 aromatic rings. The van der Waals surface area contributed by atoms with Crippen LogP contribution in [0.4, 0.5) is 17.6 Å². The van der Waals surface area contributed by atoms with Gasteiger partial charge in [0.1, 0.15) is 5.82 Å². The third-order valence-corrected chi connectivity index (χ3v) is 2.12. The predicted octanol–water partition coefficient (Wildman–Crippen LogP) is 2.49. The molecule has 1 N–H and O–H groups in total. The molecule has 18 heavy (non-hydrogen) atoms. The van der Waals surface area contributed by atoms with Crippen LogP contribution < -0.4 is 0 Å². The summed E-state index contributed by atoms with van der Waals surface area (Å²) in [6.45, 7) is 0. The molecule has 0 spiro atoms. The van der Waals surface area contributed by atoms with Crippen molar-refractivity contribution < 1.29 is 27.5 Å². The number of rotatable bonds is 1. The van der Waals surface area contributed by atoms with E-state index in [1.165, 1.54) is 0 Å². The molecule has 4 nitrogen and oxygen atoms in total. The predicted molar refractivity (Wildman–Crippen MR) is 51.5 cm³/mol. The first kappa shape index (κ1) is 12.2. The number of carbonyl (C=O) groups is 1. The van der Waals surface area contributed by atoms with E-state index < -0.39 is 40.4 Å². The number of hydrogen-bond donors (Lipinski definition) is 1. The van der Waals surface area contributed by atoms with Crippen molar-refractivity contribution in [3.05, 3.63) is 35.5 Å². The smallest absolute Gasteiger partial charge is 0.434 e. The molecular formula is C10H4F4N2O2. The Hall–Kier alpha value is -2.25. The van der Waals surface area contributed by atoms with E-state index in [0.717, 1.165) is 18.2 Å². The van der Waals surface area contributed by atoms with Crippen molar-refractivity contribution in [2.24, 2.45) is 0 Å². The number of aromatic nitrogens is 2. The summed E-state index contributed by atoms with van der Waals surface area (Å²) < 4.78 is 51.0. The van der Waals surface area contributed by atoms with Gasteiger partial charge in [0, 0.05) is 11.5 Å². The number of aromatic carboxylic acids is 1. The minimum absolute atomic E-state index is 0.408. The van der Waals surface area contributed by atoms with Gasteiger partial charge in [-0.05, 0) is 12.1 Å². The maximum absolute atomic E-state index is 12.9. The Morgan fingerprint density at radius 2 is 1.89 bits per heavy atom. The maximum atomic E-state index is 12.9. The number of benzene rings is 1. The van der Waals surface area contributed by atoms with Crippen molar-refractivity contribution in [1.29, 1.82) is 0 Å². The van der Waals surface area contributed by atoms with Gasteiger partial charge < -0.3 is 5.11 Å². The van der Waals surface area contributed by atoms with Crippen molar-refractivity contribution in [3.63, 3.8) is 0 Å². The number of alkyl halides is 3. The highest BCUT2D eigenvalue weighted by molar-refractivity contribution is 5.88. The van der Waals surface area contributed by atoms with Crippen LogP contribution in [0.25, 0.3) is 10.9 Å². The lowest BCUT2D eigenvalue weighted by Crippen LogP contribution is -2.14. The van der Waals surface area contributed by atoms with E-state index in [1.807, 2.05) is 0 Å². The minimum Gasteiger partial charge on any atom is -0.475 e. The van der Waals surface area contributed by atoms with Gasteiger partial charge >= 0.3 is 12.1 Å². The van der Waals surface area contributed by atoms with E-state index in [4.69, 9.17) is 5.11 Å². The fraction of sp³-hybridized carbons (Fsp3) is 0.100. The molecule has 1 aromatic carbocycles. The van der Waals surface area contributed by atoms with Gasteiger partial charge in [0.25, 0.3) is 0 Å². The van der Waals surface area contributed by atoms with Crippen molar-refractivity contribution in [1.82, 2.24) is 9.97 Å². The van der Waals surface area contributed by atoms with Crippen LogP contribution in [0.2, 0.25) is 0 Å². The molecule has 0 unspecified atom stereocenters. The Kier molecular flexibility index (Phi) is 2.64. The monoisotopic (exact) mass is 260 g/mol. The third-order valence-electron chi connectivity index (χ3n) is 2.12. The van der Waals surface area contributed by atoms with Gasteiger partial charge in [0.05, 0.1) is 5.52 Å². The lowest BCUT2D eigenvalue weighted by Gasteiger charge is -2.09. The zero-order chi connectivity index (χ0) is 13.5. The van der Waals surface area contributed by atoms with E-state index >= 15 is 0 Å². The lowest BCUT2D eigenvalue weighted by molar-refractivity contribution is -0.139. The fourth-order valence-electron chi connectivity index (χ4n) is 1.41. The largest absolute Gasteiger partial charge is 0.475 e. The summed E-state index contributed by atoms with van der Waals surface area (Å²) in [4.78, 5) is 16.9. The Morgan fingerprint density at radius 3 is 2.44 bits per heavy atom. The van der Waals surface area contributed by atoms with E-state index in [0.29, 0.717) is 0 Å². The van der Waals surface area contributed by atoms with Crippen molar-refractivity contribution in [3.8, 4) is 0 Å². The molecule has 0 atom stereocenters. The third kappa shape index (κ3) is 2.08. The topological polar surface area (TPSA) is 63.1 Å². The number of carboxylic acid groups (broad SMARTS) is 1. The van der Waals surface area contributed by atoms with E-state index in [2.05, 4.69) is 9.97 Å². The summed E-state index contributed by atoms with van der Waals surface area (Å²) >= 11 is 0. The summed E-state index contributed by atoms with van der Waals surface area (Å²) in [6.07, 6.45) is -4.84. The van der Waals surface area contributed by atoms with Crippen LogP contribution in [0.5, 0.6) is 0 Å². The molecule has 0 saturated heterocycles. The van der Waals surface area contributed by atoms with Crippen LogP contribution in [-0.2, 0) is 6.18 Å². The van der Waals surface area contributed by atoms with Gasteiger partial charge in [-0.3, -0.25) is 0 Å².